The Bertz CT molecular complexity index is 912. The minimum absolute atomic E-state index is 0.0280. The van der Waals surface area contributed by atoms with Gasteiger partial charge in [-0.05, 0) is 41.8 Å². The van der Waals surface area contributed by atoms with E-state index < -0.39 is 0 Å². The van der Waals surface area contributed by atoms with Crippen LogP contribution in [0.3, 0.4) is 0 Å². The van der Waals surface area contributed by atoms with Gasteiger partial charge in [-0.1, -0.05) is 60.1 Å². The zero-order chi connectivity index (χ0) is 18.4. The predicted molar refractivity (Wildman–Crippen MR) is 107 cm³/mol. The van der Waals surface area contributed by atoms with Crippen LogP contribution in [0.25, 0.3) is 11.1 Å². The van der Waals surface area contributed by atoms with E-state index in [4.69, 9.17) is 16.7 Å². The van der Waals surface area contributed by atoms with E-state index in [-0.39, 0.29) is 12.6 Å². The van der Waals surface area contributed by atoms with E-state index >= 15 is 0 Å². The van der Waals surface area contributed by atoms with Crippen molar-refractivity contribution in [3.8, 4) is 11.1 Å². The molecule has 0 radical (unpaired) electrons. The van der Waals surface area contributed by atoms with Crippen LogP contribution in [-0.2, 0) is 6.42 Å². The molecule has 0 aliphatic heterocycles. The fraction of sp³-hybridized carbons (Fsp3) is 0.0952. The first-order valence-electron chi connectivity index (χ1n) is 8.29. The van der Waals surface area contributed by atoms with E-state index in [1.807, 2.05) is 72.8 Å². The summed E-state index contributed by atoms with van der Waals surface area (Å²) in [5, 5.41) is 15.5. The maximum atomic E-state index is 12.3. The first-order valence-corrected chi connectivity index (χ1v) is 8.67. The Morgan fingerprint density at radius 1 is 0.923 bits per heavy atom. The number of carbonyl (C=O) groups excluding carboxylic acids is 1. The highest BCUT2D eigenvalue weighted by molar-refractivity contribution is 6.33. The van der Waals surface area contributed by atoms with Crippen LogP contribution < -0.4 is 10.6 Å². The Morgan fingerprint density at radius 2 is 1.69 bits per heavy atom. The fourth-order valence-corrected chi connectivity index (χ4v) is 2.97. The van der Waals surface area contributed by atoms with Crippen molar-refractivity contribution in [1.29, 1.82) is 0 Å². The van der Waals surface area contributed by atoms with E-state index in [1.165, 1.54) is 0 Å². The minimum Gasteiger partial charge on any atom is -0.396 e. The normalized spacial score (nSPS) is 10.4. The maximum Gasteiger partial charge on any atom is 0.323 e. The van der Waals surface area contributed by atoms with Gasteiger partial charge < -0.3 is 15.7 Å². The van der Waals surface area contributed by atoms with Crippen LogP contribution in [-0.4, -0.2) is 17.7 Å². The lowest BCUT2D eigenvalue weighted by molar-refractivity contribution is 0.262. The second-order valence-corrected chi connectivity index (χ2v) is 6.18. The SMILES string of the molecule is O=C(Nc1cccc(-c2ccccc2Cl)c1)Nc1ccccc1CCO. The number of aliphatic hydroxyl groups excluding tert-OH is 1. The van der Waals surface area contributed by atoms with Crippen molar-refractivity contribution in [2.45, 2.75) is 6.42 Å². The molecular weight excluding hydrogens is 348 g/mol. The second-order valence-electron chi connectivity index (χ2n) is 5.77. The van der Waals surface area contributed by atoms with E-state index in [2.05, 4.69) is 10.6 Å². The number of benzene rings is 3. The number of rotatable bonds is 5. The molecule has 0 saturated heterocycles. The molecule has 26 heavy (non-hydrogen) atoms. The summed E-state index contributed by atoms with van der Waals surface area (Å²) in [5.41, 5.74) is 4.07. The Labute approximate surface area is 157 Å². The molecule has 0 aliphatic carbocycles. The molecular formula is C21H19ClN2O2. The zero-order valence-electron chi connectivity index (χ0n) is 14.1. The number of hydrogen-bond donors (Lipinski definition) is 3. The monoisotopic (exact) mass is 366 g/mol. The second kappa shape index (κ2) is 8.52. The topological polar surface area (TPSA) is 61.4 Å². The predicted octanol–water partition coefficient (Wildman–Crippen LogP) is 5.19. The van der Waals surface area contributed by atoms with Gasteiger partial charge in [-0.3, -0.25) is 0 Å². The largest absolute Gasteiger partial charge is 0.396 e. The van der Waals surface area contributed by atoms with Gasteiger partial charge in [-0.2, -0.15) is 0 Å². The van der Waals surface area contributed by atoms with Gasteiger partial charge in [-0.25, -0.2) is 4.79 Å². The maximum absolute atomic E-state index is 12.3. The molecule has 5 heteroatoms. The van der Waals surface area contributed by atoms with Gasteiger partial charge in [-0.15, -0.1) is 0 Å². The number of urea groups is 1. The number of aliphatic hydroxyl groups is 1. The lowest BCUT2D eigenvalue weighted by atomic mass is 10.1. The third-order valence-electron chi connectivity index (χ3n) is 3.95. The van der Waals surface area contributed by atoms with Gasteiger partial charge in [0.2, 0.25) is 0 Å². The van der Waals surface area contributed by atoms with Gasteiger partial charge >= 0.3 is 6.03 Å². The molecule has 0 unspecified atom stereocenters. The smallest absolute Gasteiger partial charge is 0.323 e. The summed E-state index contributed by atoms with van der Waals surface area (Å²) in [6.45, 7) is 0.0280. The van der Waals surface area contributed by atoms with Crippen LogP contribution in [0.1, 0.15) is 5.56 Å². The molecule has 0 saturated carbocycles. The Balaban J connectivity index is 1.75. The fourth-order valence-electron chi connectivity index (χ4n) is 2.73. The van der Waals surface area contributed by atoms with E-state index in [0.717, 1.165) is 16.7 Å². The summed E-state index contributed by atoms with van der Waals surface area (Å²) in [6.07, 6.45) is 0.485. The molecule has 2 amide bonds. The highest BCUT2D eigenvalue weighted by Crippen LogP contribution is 2.29. The highest BCUT2D eigenvalue weighted by Gasteiger charge is 2.08. The number of halogens is 1. The van der Waals surface area contributed by atoms with Crippen molar-refractivity contribution >= 4 is 29.0 Å². The van der Waals surface area contributed by atoms with Crippen LogP contribution in [0.4, 0.5) is 16.2 Å². The van der Waals surface area contributed by atoms with Crippen LogP contribution in [0, 0.1) is 0 Å². The van der Waals surface area contributed by atoms with Crippen LogP contribution in [0.5, 0.6) is 0 Å². The third kappa shape index (κ3) is 4.42. The molecule has 3 aromatic carbocycles. The van der Waals surface area contributed by atoms with Gasteiger partial charge in [0, 0.05) is 28.6 Å². The Hall–Kier alpha value is -2.82. The zero-order valence-corrected chi connectivity index (χ0v) is 14.8. The molecule has 0 heterocycles. The standard InChI is InChI=1S/C21H19ClN2O2/c22-19-10-3-2-9-18(19)16-7-5-8-17(14-16)23-21(26)24-20-11-4-1-6-15(20)12-13-25/h1-11,14,25H,12-13H2,(H2,23,24,26). The van der Waals surface area contributed by atoms with Crippen molar-refractivity contribution in [2.75, 3.05) is 17.2 Å². The first-order chi connectivity index (χ1) is 12.7. The van der Waals surface area contributed by atoms with Gasteiger partial charge in [0.25, 0.3) is 0 Å². The van der Waals surface area contributed by atoms with Crippen LogP contribution >= 0.6 is 11.6 Å². The number of para-hydroxylation sites is 1. The Kier molecular flexibility index (Phi) is 5.89. The Morgan fingerprint density at radius 3 is 2.50 bits per heavy atom. The molecule has 3 N–H and O–H groups in total. The minimum atomic E-state index is -0.341. The summed E-state index contributed by atoms with van der Waals surface area (Å²) in [6, 6.07) is 22.1. The van der Waals surface area contributed by atoms with Crippen molar-refractivity contribution in [3.63, 3.8) is 0 Å². The number of anilines is 2. The van der Waals surface area contributed by atoms with Gasteiger partial charge in [0.15, 0.2) is 0 Å². The van der Waals surface area contributed by atoms with Crippen LogP contribution in [0.15, 0.2) is 72.8 Å². The van der Waals surface area contributed by atoms with Crippen molar-refractivity contribution in [2.24, 2.45) is 0 Å². The molecule has 0 bridgehead atoms. The molecule has 0 spiro atoms. The number of nitrogens with one attached hydrogen (secondary N) is 2. The molecule has 0 aromatic heterocycles. The summed E-state index contributed by atoms with van der Waals surface area (Å²) >= 11 is 6.25. The lowest BCUT2D eigenvalue weighted by Gasteiger charge is -2.12. The molecule has 0 fully saturated rings. The molecule has 0 atom stereocenters. The van der Waals surface area contributed by atoms with Gasteiger partial charge in [0.1, 0.15) is 0 Å². The van der Waals surface area contributed by atoms with E-state index in [1.54, 1.807) is 0 Å². The highest BCUT2D eigenvalue weighted by atomic mass is 35.5. The van der Waals surface area contributed by atoms with Crippen LogP contribution in [0.2, 0.25) is 5.02 Å². The summed E-state index contributed by atoms with van der Waals surface area (Å²) < 4.78 is 0. The summed E-state index contributed by atoms with van der Waals surface area (Å²) in [7, 11) is 0. The van der Waals surface area contributed by atoms with E-state index in [9.17, 15) is 4.79 Å². The molecule has 0 aliphatic rings. The third-order valence-corrected chi connectivity index (χ3v) is 4.28. The van der Waals surface area contributed by atoms with Crippen molar-refractivity contribution < 1.29 is 9.90 Å². The number of hydrogen-bond acceptors (Lipinski definition) is 2. The first kappa shape index (κ1) is 18.0. The lowest BCUT2D eigenvalue weighted by Crippen LogP contribution is -2.20. The quantitative estimate of drug-likeness (QED) is 0.582. The molecule has 4 nitrogen and oxygen atoms in total. The molecule has 3 aromatic rings. The summed E-state index contributed by atoms with van der Waals surface area (Å²) in [5.74, 6) is 0. The average molecular weight is 367 g/mol. The van der Waals surface area contributed by atoms with E-state index in [0.29, 0.717) is 22.8 Å². The molecule has 3 rings (SSSR count). The molecule has 132 valence electrons. The summed E-state index contributed by atoms with van der Waals surface area (Å²) in [4.78, 5) is 12.3. The van der Waals surface area contributed by atoms with Crippen molar-refractivity contribution in [1.82, 2.24) is 0 Å². The number of amides is 2. The van der Waals surface area contributed by atoms with Gasteiger partial charge in [0.05, 0.1) is 0 Å². The average Bonchev–Trinajstić information content (AvgIpc) is 2.64. The number of carbonyl (C=O) groups is 1. The van der Waals surface area contributed by atoms with Crippen molar-refractivity contribution in [3.05, 3.63) is 83.4 Å².